The lowest BCUT2D eigenvalue weighted by molar-refractivity contribution is 0.0959. The molecule has 3 rings (SSSR count). The molecule has 4 N–H and O–H groups in total. The Balaban J connectivity index is 1.55. The molecule has 136 valence electrons. The number of aromatic nitrogens is 2. The Hall–Kier alpha value is -2.23. The number of halogens is 1. The molecular weight excluding hydrogens is 373 g/mol. The predicted octanol–water partition coefficient (Wildman–Crippen LogP) is 3.06. The summed E-state index contributed by atoms with van der Waals surface area (Å²) in [5, 5.41) is 11.8. The highest BCUT2D eigenvalue weighted by Crippen LogP contribution is 2.34. The van der Waals surface area contributed by atoms with Crippen molar-refractivity contribution < 1.29 is 9.18 Å². The average molecular weight is 391 g/mol. The first-order valence-electron chi connectivity index (χ1n) is 7.92. The SMILES string of the molecule is Cc1nnc2sc(C(=O)NCCNSc3ccc(F)cc3)c(N)c2c1C. The topological polar surface area (TPSA) is 92.9 Å². The maximum absolute atomic E-state index is 12.8. The predicted molar refractivity (Wildman–Crippen MR) is 104 cm³/mol. The van der Waals surface area contributed by atoms with Crippen LogP contribution in [0.3, 0.4) is 0 Å². The molecule has 0 spiro atoms. The number of carbonyl (C=O) groups excluding carboxylic acids is 1. The van der Waals surface area contributed by atoms with E-state index in [0.29, 0.717) is 28.5 Å². The van der Waals surface area contributed by atoms with E-state index in [-0.39, 0.29) is 11.7 Å². The number of benzene rings is 1. The minimum absolute atomic E-state index is 0.226. The molecule has 0 unspecified atom stereocenters. The van der Waals surface area contributed by atoms with Gasteiger partial charge in [0, 0.05) is 23.4 Å². The van der Waals surface area contributed by atoms with Crippen LogP contribution in [0.15, 0.2) is 29.2 Å². The number of carbonyl (C=O) groups is 1. The van der Waals surface area contributed by atoms with Gasteiger partial charge >= 0.3 is 0 Å². The second-order valence-corrected chi connectivity index (χ2v) is 7.60. The molecule has 0 radical (unpaired) electrons. The molecule has 0 saturated carbocycles. The number of nitrogens with one attached hydrogen (secondary N) is 2. The largest absolute Gasteiger partial charge is 0.397 e. The summed E-state index contributed by atoms with van der Waals surface area (Å²) in [6.07, 6.45) is 0. The van der Waals surface area contributed by atoms with Crippen LogP contribution in [0, 0.1) is 19.7 Å². The molecule has 0 aliphatic carbocycles. The van der Waals surface area contributed by atoms with Crippen molar-refractivity contribution in [3.63, 3.8) is 0 Å². The fourth-order valence-electron chi connectivity index (χ4n) is 2.35. The van der Waals surface area contributed by atoms with Gasteiger partial charge in [-0.1, -0.05) is 0 Å². The van der Waals surface area contributed by atoms with E-state index in [0.717, 1.165) is 21.5 Å². The van der Waals surface area contributed by atoms with Crippen LogP contribution in [0.2, 0.25) is 0 Å². The summed E-state index contributed by atoms with van der Waals surface area (Å²) < 4.78 is 16.0. The van der Waals surface area contributed by atoms with Gasteiger partial charge in [0.25, 0.3) is 5.91 Å². The van der Waals surface area contributed by atoms with Gasteiger partial charge in [-0.05, 0) is 55.6 Å². The van der Waals surface area contributed by atoms with Crippen LogP contribution in [0.1, 0.15) is 20.9 Å². The summed E-state index contributed by atoms with van der Waals surface area (Å²) >= 11 is 2.62. The fraction of sp³-hybridized carbons (Fsp3) is 0.235. The molecular formula is C17H18FN5OS2. The Morgan fingerprint density at radius 3 is 2.69 bits per heavy atom. The van der Waals surface area contributed by atoms with Crippen LogP contribution in [0.5, 0.6) is 0 Å². The van der Waals surface area contributed by atoms with Gasteiger partial charge in [0.05, 0.1) is 11.4 Å². The van der Waals surface area contributed by atoms with Crippen molar-refractivity contribution in [1.82, 2.24) is 20.2 Å². The lowest BCUT2D eigenvalue weighted by Gasteiger charge is -2.06. The summed E-state index contributed by atoms with van der Waals surface area (Å²) in [7, 11) is 0. The monoisotopic (exact) mass is 391 g/mol. The Bertz CT molecular complexity index is 942. The number of hydrogen-bond acceptors (Lipinski definition) is 7. The van der Waals surface area contributed by atoms with Crippen LogP contribution in [-0.4, -0.2) is 29.2 Å². The quantitative estimate of drug-likeness (QED) is 0.442. The molecule has 6 nitrogen and oxygen atoms in total. The summed E-state index contributed by atoms with van der Waals surface area (Å²) in [5.74, 6) is -0.492. The number of nitrogens with two attached hydrogens (primary N) is 1. The smallest absolute Gasteiger partial charge is 0.263 e. The van der Waals surface area contributed by atoms with E-state index in [1.165, 1.54) is 35.4 Å². The molecule has 26 heavy (non-hydrogen) atoms. The molecule has 9 heteroatoms. The number of hydrogen-bond donors (Lipinski definition) is 3. The van der Waals surface area contributed by atoms with E-state index in [1.54, 1.807) is 12.1 Å². The molecule has 0 aliphatic heterocycles. The van der Waals surface area contributed by atoms with Crippen molar-refractivity contribution in [2.75, 3.05) is 18.8 Å². The molecule has 0 saturated heterocycles. The molecule has 1 aromatic carbocycles. The van der Waals surface area contributed by atoms with E-state index in [9.17, 15) is 9.18 Å². The first-order valence-corrected chi connectivity index (χ1v) is 9.56. The second-order valence-electron chi connectivity index (χ2n) is 5.64. The van der Waals surface area contributed by atoms with Gasteiger partial charge in [-0.3, -0.25) is 9.52 Å². The molecule has 2 aromatic heterocycles. The Morgan fingerprint density at radius 2 is 1.96 bits per heavy atom. The number of nitrogens with zero attached hydrogens (tertiary/aromatic N) is 2. The van der Waals surface area contributed by atoms with Crippen LogP contribution < -0.4 is 15.8 Å². The van der Waals surface area contributed by atoms with Crippen molar-refractivity contribution >= 4 is 45.1 Å². The van der Waals surface area contributed by atoms with Gasteiger partial charge in [-0.2, -0.15) is 5.10 Å². The Labute approximate surface area is 158 Å². The van der Waals surface area contributed by atoms with Crippen LogP contribution in [0.4, 0.5) is 10.1 Å². The third-order valence-corrected chi connectivity index (χ3v) is 5.80. The van der Waals surface area contributed by atoms with Crippen molar-refractivity contribution in [1.29, 1.82) is 0 Å². The van der Waals surface area contributed by atoms with E-state index < -0.39 is 0 Å². The lowest BCUT2D eigenvalue weighted by Crippen LogP contribution is -2.29. The van der Waals surface area contributed by atoms with Crippen LogP contribution in [-0.2, 0) is 0 Å². The average Bonchev–Trinajstić information content (AvgIpc) is 2.97. The lowest BCUT2D eigenvalue weighted by atomic mass is 10.1. The van der Waals surface area contributed by atoms with Gasteiger partial charge in [0.2, 0.25) is 0 Å². The minimum atomic E-state index is -0.266. The highest BCUT2D eigenvalue weighted by Gasteiger charge is 2.19. The molecule has 0 fully saturated rings. The molecule has 0 atom stereocenters. The summed E-state index contributed by atoms with van der Waals surface area (Å²) in [6, 6.07) is 6.19. The van der Waals surface area contributed by atoms with Gasteiger partial charge in [0.1, 0.15) is 15.5 Å². The number of nitrogen functional groups attached to an aromatic ring is 1. The van der Waals surface area contributed by atoms with E-state index in [1.807, 2.05) is 13.8 Å². The van der Waals surface area contributed by atoms with Crippen molar-refractivity contribution in [2.24, 2.45) is 0 Å². The first-order chi connectivity index (χ1) is 12.5. The van der Waals surface area contributed by atoms with Crippen molar-refractivity contribution in [3.8, 4) is 0 Å². The molecule has 0 aliphatic rings. The van der Waals surface area contributed by atoms with E-state index in [4.69, 9.17) is 5.73 Å². The third-order valence-electron chi connectivity index (χ3n) is 3.86. The molecule has 1 amide bonds. The first kappa shape index (κ1) is 18.6. The number of rotatable bonds is 6. The zero-order valence-electron chi connectivity index (χ0n) is 14.3. The summed E-state index contributed by atoms with van der Waals surface area (Å²) in [5.41, 5.74) is 8.36. The number of anilines is 1. The van der Waals surface area contributed by atoms with Crippen LogP contribution in [0.25, 0.3) is 10.2 Å². The molecule has 3 aromatic rings. The highest BCUT2D eigenvalue weighted by molar-refractivity contribution is 7.97. The third kappa shape index (κ3) is 3.95. The van der Waals surface area contributed by atoms with Gasteiger partial charge < -0.3 is 11.1 Å². The van der Waals surface area contributed by atoms with Gasteiger partial charge in [-0.25, -0.2) is 4.39 Å². The van der Waals surface area contributed by atoms with Crippen molar-refractivity contribution in [3.05, 3.63) is 46.2 Å². The van der Waals surface area contributed by atoms with Gasteiger partial charge in [-0.15, -0.1) is 16.4 Å². The highest BCUT2D eigenvalue weighted by atomic mass is 32.2. The Kier molecular flexibility index (Phi) is 5.70. The van der Waals surface area contributed by atoms with E-state index >= 15 is 0 Å². The zero-order chi connectivity index (χ0) is 18.7. The van der Waals surface area contributed by atoms with Crippen LogP contribution >= 0.6 is 23.3 Å². The maximum Gasteiger partial charge on any atom is 0.263 e. The molecule has 0 bridgehead atoms. The maximum atomic E-state index is 12.8. The normalized spacial score (nSPS) is 11.0. The fourth-order valence-corrected chi connectivity index (χ4v) is 4.01. The standard InChI is InChI=1S/C17H18FN5OS2/c1-9-10(2)22-23-17-13(9)14(19)15(25-17)16(24)20-7-8-21-26-12-5-3-11(18)4-6-12/h3-6,21H,7-8,19H2,1-2H3,(H,20,24). The number of fused-ring (bicyclic) bond motifs is 1. The number of aryl methyl sites for hydroxylation is 2. The second kappa shape index (κ2) is 7.98. The molecule has 2 heterocycles. The van der Waals surface area contributed by atoms with Gasteiger partial charge in [0.15, 0.2) is 0 Å². The van der Waals surface area contributed by atoms with E-state index in [2.05, 4.69) is 20.2 Å². The minimum Gasteiger partial charge on any atom is -0.397 e. The zero-order valence-corrected chi connectivity index (χ0v) is 15.9. The Morgan fingerprint density at radius 1 is 1.23 bits per heavy atom. The number of amides is 1. The summed E-state index contributed by atoms with van der Waals surface area (Å²) in [4.78, 5) is 14.4. The summed E-state index contributed by atoms with van der Waals surface area (Å²) in [6.45, 7) is 4.78. The van der Waals surface area contributed by atoms with Crippen molar-refractivity contribution in [2.45, 2.75) is 18.7 Å². The number of thiophene rings is 1.